The Balaban J connectivity index is 2.12. The molecule has 1 aliphatic carbocycles. The summed E-state index contributed by atoms with van der Waals surface area (Å²) in [6.45, 7) is 0. The van der Waals surface area contributed by atoms with E-state index in [0.717, 1.165) is 31.7 Å². The summed E-state index contributed by atoms with van der Waals surface area (Å²) in [6, 6.07) is 4.01. The molecular formula is C11H13FN2O2. The monoisotopic (exact) mass is 224 g/mol. The first-order valence-corrected chi connectivity index (χ1v) is 5.37. The lowest BCUT2D eigenvalue weighted by Crippen LogP contribution is -2.15. The fourth-order valence-electron chi connectivity index (χ4n) is 2.02. The molecule has 1 aromatic rings. The second-order valence-electron chi connectivity index (χ2n) is 4.05. The van der Waals surface area contributed by atoms with E-state index in [9.17, 15) is 14.5 Å². The first kappa shape index (κ1) is 10.9. The molecule has 1 N–H and O–H groups in total. The minimum atomic E-state index is -0.595. The van der Waals surface area contributed by atoms with E-state index in [1.54, 1.807) is 0 Å². The van der Waals surface area contributed by atoms with Crippen LogP contribution in [0.1, 0.15) is 25.7 Å². The van der Waals surface area contributed by atoms with Gasteiger partial charge in [-0.05, 0) is 18.9 Å². The van der Waals surface area contributed by atoms with Crippen molar-refractivity contribution in [2.45, 2.75) is 31.7 Å². The van der Waals surface area contributed by atoms with Gasteiger partial charge >= 0.3 is 0 Å². The molecule has 0 unspecified atom stereocenters. The predicted octanol–water partition coefficient (Wildman–Crippen LogP) is 3.09. The fourth-order valence-corrected chi connectivity index (χ4v) is 2.02. The predicted molar refractivity (Wildman–Crippen MR) is 58.9 cm³/mol. The number of hydrogen-bond donors (Lipinski definition) is 1. The Bertz CT molecular complexity index is 403. The van der Waals surface area contributed by atoms with Crippen LogP contribution >= 0.6 is 0 Å². The molecular weight excluding hydrogens is 211 g/mol. The van der Waals surface area contributed by atoms with Gasteiger partial charge in [-0.15, -0.1) is 0 Å². The Kier molecular flexibility index (Phi) is 3.03. The number of nitro groups is 1. The van der Waals surface area contributed by atoms with E-state index in [1.165, 1.54) is 12.1 Å². The van der Waals surface area contributed by atoms with Crippen LogP contribution in [0.2, 0.25) is 0 Å². The third-order valence-electron chi connectivity index (χ3n) is 2.88. The number of nitrogens with zero attached hydrogens (tertiary/aromatic N) is 1. The van der Waals surface area contributed by atoms with Gasteiger partial charge in [-0.3, -0.25) is 10.1 Å². The van der Waals surface area contributed by atoms with Crippen LogP contribution < -0.4 is 5.32 Å². The molecule has 0 radical (unpaired) electrons. The SMILES string of the molecule is O=[N+]([O-])c1ccc(NC2CCCC2)c(F)c1. The number of halogens is 1. The van der Waals surface area contributed by atoms with Crippen molar-refractivity contribution >= 4 is 11.4 Å². The molecule has 16 heavy (non-hydrogen) atoms. The van der Waals surface area contributed by atoms with Gasteiger partial charge in [-0.2, -0.15) is 0 Å². The maximum absolute atomic E-state index is 13.5. The molecule has 0 saturated heterocycles. The first-order valence-electron chi connectivity index (χ1n) is 5.37. The molecule has 0 aliphatic heterocycles. The van der Waals surface area contributed by atoms with Gasteiger partial charge in [0.1, 0.15) is 0 Å². The number of rotatable bonds is 3. The zero-order valence-electron chi connectivity index (χ0n) is 8.78. The Morgan fingerprint density at radius 1 is 1.38 bits per heavy atom. The van der Waals surface area contributed by atoms with Crippen LogP contribution in [0, 0.1) is 15.9 Å². The topological polar surface area (TPSA) is 55.2 Å². The zero-order valence-corrected chi connectivity index (χ0v) is 8.78. The van der Waals surface area contributed by atoms with E-state index < -0.39 is 10.7 Å². The third kappa shape index (κ3) is 2.29. The maximum Gasteiger partial charge on any atom is 0.272 e. The number of hydrogen-bond acceptors (Lipinski definition) is 3. The minimum absolute atomic E-state index is 0.213. The number of benzene rings is 1. The number of anilines is 1. The molecule has 0 amide bonds. The highest BCUT2D eigenvalue weighted by Crippen LogP contribution is 2.25. The van der Waals surface area contributed by atoms with Crippen LogP contribution in [0.15, 0.2) is 18.2 Å². The summed E-state index contributed by atoms with van der Waals surface area (Å²) in [4.78, 5) is 9.83. The van der Waals surface area contributed by atoms with Crippen LogP contribution in [0.3, 0.4) is 0 Å². The molecule has 0 aromatic heterocycles. The molecule has 0 bridgehead atoms. The van der Waals surface area contributed by atoms with Gasteiger partial charge in [-0.25, -0.2) is 4.39 Å². The quantitative estimate of drug-likeness (QED) is 0.634. The van der Waals surface area contributed by atoms with Crippen molar-refractivity contribution in [2.75, 3.05) is 5.32 Å². The Hall–Kier alpha value is -1.65. The maximum atomic E-state index is 13.5. The van der Waals surface area contributed by atoms with E-state index >= 15 is 0 Å². The van der Waals surface area contributed by atoms with Crippen LogP contribution in [0.4, 0.5) is 15.8 Å². The summed E-state index contributed by atoms with van der Waals surface area (Å²) < 4.78 is 13.5. The normalized spacial score (nSPS) is 16.3. The lowest BCUT2D eigenvalue weighted by molar-refractivity contribution is -0.385. The third-order valence-corrected chi connectivity index (χ3v) is 2.88. The lowest BCUT2D eigenvalue weighted by Gasteiger charge is -2.13. The van der Waals surface area contributed by atoms with Gasteiger partial charge in [0.15, 0.2) is 5.82 Å². The van der Waals surface area contributed by atoms with Crippen LogP contribution in [0.5, 0.6) is 0 Å². The second-order valence-corrected chi connectivity index (χ2v) is 4.05. The summed E-state index contributed by atoms with van der Waals surface area (Å²) in [5.41, 5.74) is 0.145. The summed E-state index contributed by atoms with van der Waals surface area (Å²) >= 11 is 0. The molecule has 2 rings (SSSR count). The van der Waals surface area contributed by atoms with Gasteiger partial charge < -0.3 is 5.32 Å². The zero-order chi connectivity index (χ0) is 11.5. The van der Waals surface area contributed by atoms with Crippen LogP contribution in [0.25, 0.3) is 0 Å². The Morgan fingerprint density at radius 2 is 2.06 bits per heavy atom. The van der Waals surface area contributed by atoms with E-state index in [1.807, 2.05) is 0 Å². The van der Waals surface area contributed by atoms with Crippen LogP contribution in [-0.2, 0) is 0 Å². The van der Waals surface area contributed by atoms with E-state index in [-0.39, 0.29) is 5.69 Å². The second kappa shape index (κ2) is 4.47. The van der Waals surface area contributed by atoms with Crippen molar-refractivity contribution in [3.05, 3.63) is 34.1 Å². The van der Waals surface area contributed by atoms with Crippen molar-refractivity contribution in [3.63, 3.8) is 0 Å². The van der Waals surface area contributed by atoms with Gasteiger partial charge in [0.05, 0.1) is 16.7 Å². The Morgan fingerprint density at radius 3 is 2.62 bits per heavy atom. The van der Waals surface area contributed by atoms with Gasteiger partial charge in [-0.1, -0.05) is 12.8 Å². The average Bonchev–Trinajstić information content (AvgIpc) is 2.73. The first-order chi connectivity index (χ1) is 7.66. The van der Waals surface area contributed by atoms with Crippen molar-refractivity contribution in [2.24, 2.45) is 0 Å². The van der Waals surface area contributed by atoms with Gasteiger partial charge in [0, 0.05) is 12.1 Å². The molecule has 86 valence electrons. The molecule has 0 heterocycles. The van der Waals surface area contributed by atoms with Crippen molar-refractivity contribution in [1.82, 2.24) is 0 Å². The summed E-state index contributed by atoms with van der Waals surface area (Å²) in [5, 5.41) is 13.5. The highest BCUT2D eigenvalue weighted by Gasteiger charge is 2.17. The number of nitrogens with one attached hydrogen (secondary N) is 1. The summed E-state index contributed by atoms with van der Waals surface area (Å²) in [5.74, 6) is -0.555. The number of nitro benzene ring substituents is 1. The average molecular weight is 224 g/mol. The fraction of sp³-hybridized carbons (Fsp3) is 0.455. The minimum Gasteiger partial charge on any atom is -0.380 e. The molecule has 4 nitrogen and oxygen atoms in total. The Labute approximate surface area is 92.6 Å². The molecule has 0 spiro atoms. The largest absolute Gasteiger partial charge is 0.380 e. The standard InChI is InChI=1S/C11H13FN2O2/c12-10-7-9(14(15)16)5-6-11(10)13-8-3-1-2-4-8/h5-8,13H,1-4H2. The highest BCUT2D eigenvalue weighted by atomic mass is 19.1. The van der Waals surface area contributed by atoms with Crippen molar-refractivity contribution in [3.8, 4) is 0 Å². The van der Waals surface area contributed by atoms with E-state index in [4.69, 9.17) is 0 Å². The molecule has 1 saturated carbocycles. The molecule has 5 heteroatoms. The van der Waals surface area contributed by atoms with Crippen molar-refractivity contribution in [1.29, 1.82) is 0 Å². The van der Waals surface area contributed by atoms with Gasteiger partial charge in [0.2, 0.25) is 0 Å². The molecule has 1 aromatic carbocycles. The highest BCUT2D eigenvalue weighted by molar-refractivity contribution is 5.50. The smallest absolute Gasteiger partial charge is 0.272 e. The summed E-state index contributed by atoms with van der Waals surface area (Å²) in [6.07, 6.45) is 4.39. The van der Waals surface area contributed by atoms with E-state index in [2.05, 4.69) is 5.32 Å². The van der Waals surface area contributed by atoms with Crippen LogP contribution in [-0.4, -0.2) is 11.0 Å². The number of non-ortho nitro benzene ring substituents is 1. The lowest BCUT2D eigenvalue weighted by atomic mass is 10.2. The molecule has 0 atom stereocenters. The van der Waals surface area contributed by atoms with E-state index in [0.29, 0.717) is 11.7 Å². The molecule has 1 aliphatic rings. The summed E-state index contributed by atoms with van der Waals surface area (Å²) in [7, 11) is 0. The molecule has 1 fully saturated rings. The van der Waals surface area contributed by atoms with Crippen molar-refractivity contribution < 1.29 is 9.31 Å². The van der Waals surface area contributed by atoms with Gasteiger partial charge in [0.25, 0.3) is 5.69 Å².